The molecule has 0 spiro atoms. The van der Waals surface area contributed by atoms with Gasteiger partial charge in [0.15, 0.2) is 5.96 Å². The van der Waals surface area contributed by atoms with E-state index in [1.165, 1.54) is 0 Å². The third kappa shape index (κ3) is 8.57. The number of sulfonamides is 1. The highest BCUT2D eigenvalue weighted by Gasteiger charge is 2.12. The van der Waals surface area contributed by atoms with Crippen molar-refractivity contribution in [2.75, 3.05) is 19.6 Å². The number of benzene rings is 1. The van der Waals surface area contributed by atoms with Crippen LogP contribution in [0.25, 0.3) is 0 Å². The molecule has 10 heteroatoms. The summed E-state index contributed by atoms with van der Waals surface area (Å²) in [5.41, 5.74) is 2.10. The fourth-order valence-electron chi connectivity index (χ4n) is 2.32. The Balaban J connectivity index is 0.00000420. The number of hydrogen-bond donors (Lipinski definition) is 3. The average Bonchev–Trinajstić information content (AvgIpc) is 3.13. The van der Waals surface area contributed by atoms with Gasteiger partial charge in [-0.3, -0.25) is 0 Å². The van der Waals surface area contributed by atoms with Crippen LogP contribution < -0.4 is 15.4 Å². The molecule has 0 saturated carbocycles. The number of aryl methyl sites for hydroxylation is 1. The fourth-order valence-corrected chi connectivity index (χ4v) is 4.23. The summed E-state index contributed by atoms with van der Waals surface area (Å²) >= 11 is 1.60. The van der Waals surface area contributed by atoms with Gasteiger partial charge in [0.1, 0.15) is 5.01 Å². The molecular formula is C19H30IN5O2S2. The van der Waals surface area contributed by atoms with Gasteiger partial charge in [0.25, 0.3) is 0 Å². The number of guanidine groups is 1. The molecule has 0 unspecified atom stereocenters. The van der Waals surface area contributed by atoms with Crippen LogP contribution >= 0.6 is 35.3 Å². The van der Waals surface area contributed by atoms with Gasteiger partial charge in [-0.15, -0.1) is 35.3 Å². The van der Waals surface area contributed by atoms with Crippen molar-refractivity contribution in [2.45, 2.75) is 45.1 Å². The van der Waals surface area contributed by atoms with E-state index in [0.717, 1.165) is 22.8 Å². The van der Waals surface area contributed by atoms with Gasteiger partial charge in [-0.25, -0.2) is 23.1 Å². The Morgan fingerprint density at radius 2 is 1.86 bits per heavy atom. The molecule has 1 heterocycles. The molecular weight excluding hydrogens is 521 g/mol. The van der Waals surface area contributed by atoms with Crippen molar-refractivity contribution in [2.24, 2.45) is 4.99 Å². The van der Waals surface area contributed by atoms with Crippen LogP contribution in [0.2, 0.25) is 0 Å². The van der Waals surface area contributed by atoms with Gasteiger partial charge < -0.3 is 10.6 Å². The number of aromatic nitrogens is 1. The van der Waals surface area contributed by atoms with Crippen molar-refractivity contribution in [3.05, 3.63) is 45.9 Å². The highest BCUT2D eigenvalue weighted by molar-refractivity contribution is 14.0. The van der Waals surface area contributed by atoms with Crippen molar-refractivity contribution >= 4 is 51.3 Å². The van der Waals surface area contributed by atoms with Crippen molar-refractivity contribution in [3.8, 4) is 0 Å². The van der Waals surface area contributed by atoms with Crippen LogP contribution in [0, 0.1) is 6.92 Å². The maximum Gasteiger partial charge on any atom is 0.240 e. The lowest BCUT2D eigenvalue weighted by atomic mass is 10.2. The third-order valence-electron chi connectivity index (χ3n) is 3.92. The summed E-state index contributed by atoms with van der Waals surface area (Å²) in [4.78, 5) is 9.36. The SMILES string of the molecule is CCNC(=NCc1nc(C(C)C)cs1)NCCNS(=O)(=O)c1ccc(C)cc1.I. The zero-order chi connectivity index (χ0) is 20.6. The molecule has 0 aliphatic carbocycles. The topological polar surface area (TPSA) is 95.5 Å². The number of hydrogen-bond acceptors (Lipinski definition) is 5. The Bertz CT molecular complexity index is 880. The first kappa shape index (κ1) is 25.8. The van der Waals surface area contributed by atoms with E-state index in [-0.39, 0.29) is 35.4 Å². The third-order valence-corrected chi connectivity index (χ3v) is 6.25. The molecule has 2 aromatic rings. The molecule has 0 aliphatic rings. The molecule has 1 aromatic carbocycles. The second-order valence-electron chi connectivity index (χ2n) is 6.65. The number of nitrogens with one attached hydrogen (secondary N) is 3. The number of halogens is 1. The van der Waals surface area contributed by atoms with E-state index in [0.29, 0.717) is 25.0 Å². The molecule has 0 amide bonds. The molecule has 2 rings (SSSR count). The van der Waals surface area contributed by atoms with Crippen LogP contribution in [-0.2, 0) is 16.6 Å². The average molecular weight is 552 g/mol. The number of aliphatic imine (C=N–C) groups is 1. The van der Waals surface area contributed by atoms with Gasteiger partial charge in [-0.1, -0.05) is 31.5 Å². The molecule has 162 valence electrons. The highest BCUT2D eigenvalue weighted by Crippen LogP contribution is 2.18. The van der Waals surface area contributed by atoms with Crippen LogP contribution in [0.4, 0.5) is 0 Å². The van der Waals surface area contributed by atoms with E-state index in [9.17, 15) is 8.42 Å². The lowest BCUT2D eigenvalue weighted by Gasteiger charge is -2.12. The number of thiazole rings is 1. The van der Waals surface area contributed by atoms with Crippen LogP contribution in [-0.4, -0.2) is 39.0 Å². The van der Waals surface area contributed by atoms with E-state index >= 15 is 0 Å². The van der Waals surface area contributed by atoms with Crippen molar-refractivity contribution < 1.29 is 8.42 Å². The number of nitrogens with zero attached hydrogens (tertiary/aromatic N) is 2. The minimum Gasteiger partial charge on any atom is -0.357 e. The molecule has 0 bridgehead atoms. The van der Waals surface area contributed by atoms with Crippen LogP contribution in [0.3, 0.4) is 0 Å². The van der Waals surface area contributed by atoms with Crippen LogP contribution in [0.1, 0.15) is 43.0 Å². The Hall–Kier alpha value is -1.24. The summed E-state index contributed by atoms with van der Waals surface area (Å²) in [7, 11) is -3.51. The summed E-state index contributed by atoms with van der Waals surface area (Å²) in [6, 6.07) is 6.78. The first-order valence-corrected chi connectivity index (χ1v) is 11.7. The molecule has 7 nitrogen and oxygen atoms in total. The molecule has 0 fully saturated rings. The van der Waals surface area contributed by atoms with Gasteiger partial charge in [-0.2, -0.15) is 0 Å². The second kappa shape index (κ2) is 12.5. The molecule has 0 radical (unpaired) electrons. The second-order valence-corrected chi connectivity index (χ2v) is 9.36. The summed E-state index contributed by atoms with van der Waals surface area (Å²) < 4.78 is 27.2. The normalized spacial score (nSPS) is 12.0. The summed E-state index contributed by atoms with van der Waals surface area (Å²) in [6.07, 6.45) is 0. The molecule has 3 N–H and O–H groups in total. The van der Waals surface area contributed by atoms with E-state index in [4.69, 9.17) is 0 Å². The van der Waals surface area contributed by atoms with Crippen molar-refractivity contribution in [3.63, 3.8) is 0 Å². The lowest BCUT2D eigenvalue weighted by molar-refractivity contribution is 0.580. The molecule has 1 aromatic heterocycles. The molecule has 0 aliphatic heterocycles. The standard InChI is InChI=1S/C19H29N5O2S2.HI/c1-5-20-19(22-12-18-24-17(13-27-18)14(2)3)21-10-11-23-28(25,26)16-8-6-15(4)7-9-16;/h6-9,13-14,23H,5,10-12H2,1-4H3,(H2,20,21,22);1H. The minimum absolute atomic E-state index is 0. The van der Waals surface area contributed by atoms with E-state index < -0.39 is 10.0 Å². The zero-order valence-corrected chi connectivity index (χ0v) is 21.2. The first-order chi connectivity index (χ1) is 13.3. The lowest BCUT2D eigenvalue weighted by Crippen LogP contribution is -2.41. The predicted octanol–water partition coefficient (Wildman–Crippen LogP) is 3.23. The summed E-state index contributed by atoms with van der Waals surface area (Å²) in [6.45, 7) is 10.0. The summed E-state index contributed by atoms with van der Waals surface area (Å²) in [5, 5.41) is 9.32. The van der Waals surface area contributed by atoms with Gasteiger partial charge in [0.05, 0.1) is 17.1 Å². The first-order valence-electron chi connectivity index (χ1n) is 9.34. The van der Waals surface area contributed by atoms with Crippen molar-refractivity contribution in [1.29, 1.82) is 0 Å². The monoisotopic (exact) mass is 551 g/mol. The van der Waals surface area contributed by atoms with Gasteiger partial charge >= 0.3 is 0 Å². The Labute approximate surface area is 194 Å². The van der Waals surface area contributed by atoms with Crippen LogP contribution in [0.5, 0.6) is 0 Å². The fraction of sp³-hybridized carbons (Fsp3) is 0.474. The maximum absolute atomic E-state index is 12.3. The largest absolute Gasteiger partial charge is 0.357 e. The predicted molar refractivity (Wildman–Crippen MR) is 131 cm³/mol. The molecule has 29 heavy (non-hydrogen) atoms. The highest BCUT2D eigenvalue weighted by atomic mass is 127. The van der Waals surface area contributed by atoms with Gasteiger partial charge in [0.2, 0.25) is 10.0 Å². The number of rotatable bonds is 9. The zero-order valence-electron chi connectivity index (χ0n) is 17.2. The van der Waals surface area contributed by atoms with E-state index in [2.05, 4.69) is 44.6 Å². The summed E-state index contributed by atoms with van der Waals surface area (Å²) in [5.74, 6) is 1.04. The molecule has 0 saturated heterocycles. The molecule has 0 atom stereocenters. The Kier molecular flexibility index (Phi) is 11.1. The van der Waals surface area contributed by atoms with E-state index in [1.807, 2.05) is 13.8 Å². The Morgan fingerprint density at radius 3 is 2.45 bits per heavy atom. The van der Waals surface area contributed by atoms with Gasteiger partial charge in [0, 0.05) is 25.0 Å². The maximum atomic E-state index is 12.3. The minimum atomic E-state index is -3.51. The van der Waals surface area contributed by atoms with Crippen LogP contribution in [0.15, 0.2) is 39.5 Å². The van der Waals surface area contributed by atoms with Gasteiger partial charge in [-0.05, 0) is 31.9 Å². The Morgan fingerprint density at radius 1 is 1.17 bits per heavy atom. The quantitative estimate of drug-likeness (QED) is 0.193. The van der Waals surface area contributed by atoms with E-state index in [1.54, 1.807) is 35.6 Å². The van der Waals surface area contributed by atoms with Crippen molar-refractivity contribution in [1.82, 2.24) is 20.3 Å². The smallest absolute Gasteiger partial charge is 0.240 e.